The lowest BCUT2D eigenvalue weighted by molar-refractivity contribution is -0.131. The van der Waals surface area contributed by atoms with Gasteiger partial charge in [0.2, 0.25) is 0 Å². The molecule has 0 radical (unpaired) electrons. The lowest BCUT2D eigenvalue weighted by Crippen LogP contribution is -2.01. The molecule has 0 aliphatic rings. The molecule has 0 aliphatic heterocycles. The first-order valence-electron chi connectivity index (χ1n) is 7.05. The molecule has 0 aliphatic carbocycles. The van der Waals surface area contributed by atoms with Crippen LogP contribution >= 0.6 is 0 Å². The highest BCUT2D eigenvalue weighted by Gasteiger charge is 1.99. The summed E-state index contributed by atoms with van der Waals surface area (Å²) in [6, 6.07) is 18.3. The predicted octanol–water partition coefficient (Wildman–Crippen LogP) is 4.18. The van der Waals surface area contributed by atoms with Crippen LogP contribution in [-0.2, 0) is 17.6 Å². The van der Waals surface area contributed by atoms with Gasteiger partial charge in [0.1, 0.15) is 5.75 Å². The molecular formula is C18H20O2. The normalized spacial score (nSPS) is 10.2. The fourth-order valence-electron chi connectivity index (χ4n) is 2.19. The predicted molar refractivity (Wildman–Crippen MR) is 80.8 cm³/mol. The summed E-state index contributed by atoms with van der Waals surface area (Å²) >= 11 is 0. The minimum Gasteiger partial charge on any atom is -0.427 e. The standard InChI is InChI=1S/C18H20O2/c1-15(19)20-18-13-11-17(12-14-18)10-6-5-9-16-7-3-2-4-8-16/h2-4,7-8,11-14H,5-6,9-10H2,1H3. The Labute approximate surface area is 120 Å². The highest BCUT2D eigenvalue weighted by Crippen LogP contribution is 2.15. The number of hydrogen-bond donors (Lipinski definition) is 0. The van der Waals surface area contributed by atoms with Gasteiger partial charge in [0.05, 0.1) is 0 Å². The van der Waals surface area contributed by atoms with Gasteiger partial charge >= 0.3 is 5.97 Å². The first-order valence-corrected chi connectivity index (χ1v) is 7.05. The van der Waals surface area contributed by atoms with E-state index in [2.05, 4.69) is 24.3 Å². The molecule has 2 aromatic rings. The Morgan fingerprint density at radius 2 is 1.40 bits per heavy atom. The minimum absolute atomic E-state index is 0.277. The van der Waals surface area contributed by atoms with E-state index in [1.807, 2.05) is 30.3 Å². The monoisotopic (exact) mass is 268 g/mol. The lowest BCUT2D eigenvalue weighted by atomic mass is 10.0. The highest BCUT2D eigenvalue weighted by molar-refractivity contribution is 5.69. The molecule has 0 heterocycles. The van der Waals surface area contributed by atoms with Gasteiger partial charge in [-0.05, 0) is 48.9 Å². The van der Waals surface area contributed by atoms with E-state index in [0.29, 0.717) is 5.75 Å². The second kappa shape index (κ2) is 7.49. The van der Waals surface area contributed by atoms with Crippen molar-refractivity contribution in [1.29, 1.82) is 0 Å². The number of carbonyl (C=O) groups is 1. The van der Waals surface area contributed by atoms with Crippen molar-refractivity contribution in [3.8, 4) is 5.75 Å². The Morgan fingerprint density at radius 3 is 1.95 bits per heavy atom. The molecule has 0 bridgehead atoms. The van der Waals surface area contributed by atoms with Crippen molar-refractivity contribution >= 4 is 5.97 Å². The Morgan fingerprint density at radius 1 is 0.850 bits per heavy atom. The van der Waals surface area contributed by atoms with Crippen LogP contribution in [-0.4, -0.2) is 5.97 Å². The first-order chi connectivity index (χ1) is 9.74. The van der Waals surface area contributed by atoms with E-state index >= 15 is 0 Å². The molecule has 0 unspecified atom stereocenters. The molecule has 0 saturated carbocycles. The number of ether oxygens (including phenoxy) is 1. The molecule has 2 aromatic carbocycles. The van der Waals surface area contributed by atoms with Gasteiger partial charge in [-0.25, -0.2) is 0 Å². The Bertz CT molecular complexity index is 529. The van der Waals surface area contributed by atoms with E-state index in [4.69, 9.17) is 4.74 Å². The zero-order valence-electron chi connectivity index (χ0n) is 11.8. The smallest absolute Gasteiger partial charge is 0.308 e. The Hall–Kier alpha value is -2.09. The number of benzene rings is 2. The maximum atomic E-state index is 10.8. The topological polar surface area (TPSA) is 26.3 Å². The molecule has 2 heteroatoms. The van der Waals surface area contributed by atoms with Gasteiger partial charge in [-0.15, -0.1) is 0 Å². The molecule has 0 spiro atoms. The molecule has 104 valence electrons. The van der Waals surface area contributed by atoms with Gasteiger partial charge in [0.25, 0.3) is 0 Å². The SMILES string of the molecule is CC(=O)Oc1ccc(CCCCc2ccccc2)cc1. The summed E-state index contributed by atoms with van der Waals surface area (Å²) in [6.45, 7) is 1.41. The van der Waals surface area contributed by atoms with Crippen LogP contribution in [0.3, 0.4) is 0 Å². The van der Waals surface area contributed by atoms with E-state index in [1.54, 1.807) is 0 Å². The Kier molecular flexibility index (Phi) is 5.36. The number of esters is 1. The summed E-state index contributed by atoms with van der Waals surface area (Å²) < 4.78 is 5.01. The molecule has 0 atom stereocenters. The summed E-state index contributed by atoms with van der Waals surface area (Å²) in [4.78, 5) is 10.8. The fraction of sp³-hybridized carbons (Fsp3) is 0.278. The van der Waals surface area contributed by atoms with E-state index in [9.17, 15) is 4.79 Å². The molecule has 2 rings (SSSR count). The molecule has 0 N–H and O–H groups in total. The maximum Gasteiger partial charge on any atom is 0.308 e. The van der Waals surface area contributed by atoms with Gasteiger partial charge in [-0.1, -0.05) is 42.5 Å². The average Bonchev–Trinajstić information content (AvgIpc) is 2.46. The molecule has 2 nitrogen and oxygen atoms in total. The van der Waals surface area contributed by atoms with Crippen LogP contribution < -0.4 is 4.74 Å². The molecule has 0 amide bonds. The van der Waals surface area contributed by atoms with Crippen LogP contribution in [0.5, 0.6) is 5.75 Å². The third-order valence-corrected chi connectivity index (χ3v) is 3.21. The van der Waals surface area contributed by atoms with Gasteiger partial charge < -0.3 is 4.74 Å². The minimum atomic E-state index is -0.277. The van der Waals surface area contributed by atoms with Crippen LogP contribution in [0.2, 0.25) is 0 Å². The van der Waals surface area contributed by atoms with Crippen LogP contribution in [0.25, 0.3) is 0 Å². The molecule has 0 saturated heterocycles. The van der Waals surface area contributed by atoms with Gasteiger partial charge in [-0.2, -0.15) is 0 Å². The van der Waals surface area contributed by atoms with Gasteiger partial charge in [0.15, 0.2) is 0 Å². The second-order valence-electron chi connectivity index (χ2n) is 4.93. The van der Waals surface area contributed by atoms with Crippen LogP contribution in [0.4, 0.5) is 0 Å². The third-order valence-electron chi connectivity index (χ3n) is 3.21. The average molecular weight is 268 g/mol. The summed E-state index contributed by atoms with van der Waals surface area (Å²) in [5.41, 5.74) is 2.69. The van der Waals surface area contributed by atoms with Gasteiger partial charge in [0, 0.05) is 6.92 Å². The largest absolute Gasteiger partial charge is 0.427 e. The Balaban J connectivity index is 1.73. The van der Waals surface area contributed by atoms with Crippen LogP contribution in [0, 0.1) is 0 Å². The first kappa shape index (κ1) is 14.3. The van der Waals surface area contributed by atoms with Crippen molar-refractivity contribution in [3.63, 3.8) is 0 Å². The molecule has 0 fully saturated rings. The quantitative estimate of drug-likeness (QED) is 0.446. The number of carbonyl (C=O) groups excluding carboxylic acids is 1. The van der Waals surface area contributed by atoms with Crippen LogP contribution in [0.15, 0.2) is 54.6 Å². The number of hydrogen-bond acceptors (Lipinski definition) is 2. The number of aryl methyl sites for hydroxylation is 2. The van der Waals surface area contributed by atoms with Crippen molar-refractivity contribution in [1.82, 2.24) is 0 Å². The second-order valence-corrected chi connectivity index (χ2v) is 4.93. The van der Waals surface area contributed by atoms with Crippen molar-refractivity contribution in [2.24, 2.45) is 0 Å². The zero-order valence-corrected chi connectivity index (χ0v) is 11.8. The van der Waals surface area contributed by atoms with E-state index in [1.165, 1.54) is 30.9 Å². The molecule has 20 heavy (non-hydrogen) atoms. The summed E-state index contributed by atoms with van der Waals surface area (Å²) in [5.74, 6) is 0.339. The zero-order chi connectivity index (χ0) is 14.2. The van der Waals surface area contributed by atoms with Crippen molar-refractivity contribution in [2.75, 3.05) is 0 Å². The van der Waals surface area contributed by atoms with E-state index in [0.717, 1.165) is 12.8 Å². The number of rotatable bonds is 6. The van der Waals surface area contributed by atoms with E-state index < -0.39 is 0 Å². The van der Waals surface area contributed by atoms with Crippen molar-refractivity contribution < 1.29 is 9.53 Å². The number of unbranched alkanes of at least 4 members (excludes halogenated alkanes) is 1. The fourth-order valence-corrected chi connectivity index (χ4v) is 2.19. The van der Waals surface area contributed by atoms with E-state index in [-0.39, 0.29) is 5.97 Å². The summed E-state index contributed by atoms with van der Waals surface area (Å²) in [6.07, 6.45) is 4.55. The van der Waals surface area contributed by atoms with Crippen molar-refractivity contribution in [2.45, 2.75) is 32.6 Å². The molecular weight excluding hydrogens is 248 g/mol. The summed E-state index contributed by atoms with van der Waals surface area (Å²) in [7, 11) is 0. The van der Waals surface area contributed by atoms with Crippen LogP contribution in [0.1, 0.15) is 30.9 Å². The summed E-state index contributed by atoms with van der Waals surface area (Å²) in [5, 5.41) is 0. The third kappa shape index (κ3) is 4.88. The van der Waals surface area contributed by atoms with Gasteiger partial charge in [-0.3, -0.25) is 4.79 Å². The highest BCUT2D eigenvalue weighted by atomic mass is 16.5. The molecule has 0 aromatic heterocycles. The maximum absolute atomic E-state index is 10.8. The van der Waals surface area contributed by atoms with Crippen molar-refractivity contribution in [3.05, 3.63) is 65.7 Å². The lowest BCUT2D eigenvalue weighted by Gasteiger charge is -2.04.